The highest BCUT2D eigenvalue weighted by Crippen LogP contribution is 2.18. The van der Waals surface area contributed by atoms with E-state index in [0.717, 1.165) is 19.6 Å². The normalized spacial score (nSPS) is 27.0. The Balaban J connectivity index is 1.63. The topological polar surface area (TPSA) is 36.3 Å². The molecule has 0 radical (unpaired) electrons. The predicted octanol–water partition coefficient (Wildman–Crippen LogP) is -0.225. The van der Waals surface area contributed by atoms with E-state index in [-0.39, 0.29) is 0 Å². The molecule has 1 atom stereocenters. The predicted molar refractivity (Wildman–Crippen MR) is 66.9 cm³/mol. The number of likely N-dealkylation sites (N-methyl/N-ethyl adjacent to an activating group) is 1. The van der Waals surface area contributed by atoms with Crippen LogP contribution in [0.2, 0.25) is 0 Å². The van der Waals surface area contributed by atoms with Gasteiger partial charge in [-0.25, -0.2) is 4.98 Å². The number of nitrogens with zero attached hydrogens (tertiary/aromatic N) is 4. The molecule has 17 heavy (non-hydrogen) atoms. The summed E-state index contributed by atoms with van der Waals surface area (Å²) in [5, 5.41) is 3.60. The smallest absolute Gasteiger partial charge is 0.0949 e. The van der Waals surface area contributed by atoms with Crippen LogP contribution in [-0.2, 0) is 6.54 Å². The molecule has 0 aliphatic carbocycles. The molecule has 3 heterocycles. The van der Waals surface area contributed by atoms with E-state index in [1.807, 2.05) is 12.5 Å². The van der Waals surface area contributed by atoms with E-state index >= 15 is 0 Å². The van der Waals surface area contributed by atoms with Crippen molar-refractivity contribution in [1.82, 2.24) is 24.7 Å². The number of imidazole rings is 1. The number of hydrogen-bond donors (Lipinski definition) is 1. The third-order valence-electron chi connectivity index (χ3n) is 3.88. The highest BCUT2D eigenvalue weighted by atomic mass is 15.3. The van der Waals surface area contributed by atoms with E-state index in [2.05, 4.69) is 31.7 Å². The van der Waals surface area contributed by atoms with Gasteiger partial charge in [-0.1, -0.05) is 0 Å². The summed E-state index contributed by atoms with van der Waals surface area (Å²) in [6.45, 7) is 7.96. The summed E-state index contributed by atoms with van der Waals surface area (Å²) in [5.74, 6) is 0. The zero-order valence-electron chi connectivity index (χ0n) is 10.5. The lowest BCUT2D eigenvalue weighted by atomic mass is 10.1. The van der Waals surface area contributed by atoms with Gasteiger partial charge < -0.3 is 14.8 Å². The van der Waals surface area contributed by atoms with Gasteiger partial charge in [0.2, 0.25) is 0 Å². The molecule has 1 saturated heterocycles. The fraction of sp³-hybridized carbons (Fsp3) is 0.750. The molecule has 1 fully saturated rings. The monoisotopic (exact) mass is 235 g/mol. The fourth-order valence-corrected chi connectivity index (χ4v) is 2.72. The van der Waals surface area contributed by atoms with Crippen molar-refractivity contribution in [3.05, 3.63) is 18.2 Å². The van der Waals surface area contributed by atoms with Crippen molar-refractivity contribution in [2.45, 2.75) is 12.6 Å². The number of piperazine rings is 1. The van der Waals surface area contributed by atoms with Crippen LogP contribution in [0.4, 0.5) is 0 Å². The first kappa shape index (κ1) is 11.2. The second kappa shape index (κ2) is 4.76. The Morgan fingerprint density at radius 3 is 2.94 bits per heavy atom. The first-order chi connectivity index (χ1) is 8.33. The Labute approximate surface area is 102 Å². The first-order valence-electron chi connectivity index (χ1n) is 6.47. The van der Waals surface area contributed by atoms with Crippen molar-refractivity contribution < 1.29 is 0 Å². The number of hydrogen-bond acceptors (Lipinski definition) is 4. The average Bonchev–Trinajstić information content (AvgIpc) is 2.81. The summed E-state index contributed by atoms with van der Waals surface area (Å²) in [5.41, 5.74) is 1.34. The number of fused-ring (bicyclic) bond motifs is 1. The average molecular weight is 235 g/mol. The minimum Gasteiger partial charge on any atom is -0.332 e. The Morgan fingerprint density at radius 1 is 1.29 bits per heavy atom. The van der Waals surface area contributed by atoms with Crippen molar-refractivity contribution in [2.24, 2.45) is 0 Å². The Hall–Kier alpha value is -0.910. The Kier molecular flexibility index (Phi) is 3.13. The molecule has 1 aromatic heterocycles. The maximum Gasteiger partial charge on any atom is 0.0949 e. The van der Waals surface area contributed by atoms with Crippen LogP contribution in [0.1, 0.15) is 11.7 Å². The second-order valence-corrected chi connectivity index (χ2v) is 5.12. The minimum absolute atomic E-state index is 0.453. The molecule has 1 unspecified atom stereocenters. The third kappa shape index (κ3) is 2.36. The van der Waals surface area contributed by atoms with E-state index < -0.39 is 0 Å². The van der Waals surface area contributed by atoms with Gasteiger partial charge in [0.1, 0.15) is 0 Å². The van der Waals surface area contributed by atoms with Crippen molar-refractivity contribution in [1.29, 1.82) is 0 Å². The number of nitrogens with one attached hydrogen (secondary N) is 1. The van der Waals surface area contributed by atoms with Crippen LogP contribution in [0.15, 0.2) is 12.5 Å². The standard InChI is InChI=1S/C12H21N5/c1-15-4-6-16(7-5-15)9-11-12-8-13-10-17(12)3-2-14-11/h8,10-11,14H,2-7,9H2,1H3. The molecule has 0 spiro atoms. The highest BCUT2D eigenvalue weighted by molar-refractivity contribution is 5.08. The summed E-state index contributed by atoms with van der Waals surface area (Å²) in [6.07, 6.45) is 3.96. The third-order valence-corrected chi connectivity index (χ3v) is 3.88. The summed E-state index contributed by atoms with van der Waals surface area (Å²) in [7, 11) is 2.20. The summed E-state index contributed by atoms with van der Waals surface area (Å²) < 4.78 is 2.28. The molecule has 2 aliphatic rings. The molecular weight excluding hydrogens is 214 g/mol. The number of rotatable bonds is 2. The fourth-order valence-electron chi connectivity index (χ4n) is 2.72. The quantitative estimate of drug-likeness (QED) is 0.768. The van der Waals surface area contributed by atoms with Crippen molar-refractivity contribution in [3.63, 3.8) is 0 Å². The van der Waals surface area contributed by atoms with Gasteiger partial charge in [-0.05, 0) is 7.05 Å². The maximum absolute atomic E-state index is 4.26. The van der Waals surface area contributed by atoms with E-state index in [4.69, 9.17) is 0 Å². The largest absolute Gasteiger partial charge is 0.332 e. The number of aromatic nitrogens is 2. The van der Waals surface area contributed by atoms with E-state index in [0.29, 0.717) is 6.04 Å². The van der Waals surface area contributed by atoms with Crippen LogP contribution < -0.4 is 5.32 Å². The molecule has 0 aromatic carbocycles. The molecule has 1 N–H and O–H groups in total. The molecule has 94 valence electrons. The molecule has 0 amide bonds. The molecule has 2 aliphatic heterocycles. The molecule has 5 nitrogen and oxygen atoms in total. The van der Waals surface area contributed by atoms with Gasteiger partial charge in [0.25, 0.3) is 0 Å². The van der Waals surface area contributed by atoms with Crippen molar-refractivity contribution >= 4 is 0 Å². The minimum atomic E-state index is 0.453. The first-order valence-corrected chi connectivity index (χ1v) is 6.47. The van der Waals surface area contributed by atoms with Crippen LogP contribution in [0, 0.1) is 0 Å². The Morgan fingerprint density at radius 2 is 2.12 bits per heavy atom. The summed E-state index contributed by atoms with van der Waals surface area (Å²) in [4.78, 5) is 9.21. The lowest BCUT2D eigenvalue weighted by Crippen LogP contribution is -2.48. The van der Waals surface area contributed by atoms with Crippen LogP contribution in [0.25, 0.3) is 0 Å². The van der Waals surface area contributed by atoms with Crippen molar-refractivity contribution in [3.8, 4) is 0 Å². The van der Waals surface area contributed by atoms with Gasteiger partial charge in [0.05, 0.1) is 18.1 Å². The van der Waals surface area contributed by atoms with Gasteiger partial charge >= 0.3 is 0 Å². The van der Waals surface area contributed by atoms with Crippen molar-refractivity contribution in [2.75, 3.05) is 46.3 Å². The van der Waals surface area contributed by atoms with E-state index in [1.54, 1.807) is 0 Å². The lowest BCUT2D eigenvalue weighted by Gasteiger charge is -2.36. The molecular formula is C12H21N5. The van der Waals surface area contributed by atoms with Gasteiger partial charge in [-0.3, -0.25) is 4.90 Å². The van der Waals surface area contributed by atoms with Gasteiger partial charge in [-0.15, -0.1) is 0 Å². The van der Waals surface area contributed by atoms with E-state index in [1.165, 1.54) is 31.9 Å². The van der Waals surface area contributed by atoms with Gasteiger partial charge in [0, 0.05) is 52.0 Å². The molecule has 1 aromatic rings. The lowest BCUT2D eigenvalue weighted by molar-refractivity contribution is 0.138. The highest BCUT2D eigenvalue weighted by Gasteiger charge is 2.23. The molecule has 0 bridgehead atoms. The maximum atomic E-state index is 4.26. The van der Waals surface area contributed by atoms with Crippen LogP contribution in [-0.4, -0.2) is 65.7 Å². The molecule has 3 rings (SSSR count). The van der Waals surface area contributed by atoms with Crippen LogP contribution >= 0.6 is 0 Å². The zero-order valence-corrected chi connectivity index (χ0v) is 10.5. The van der Waals surface area contributed by atoms with Gasteiger partial charge in [0.15, 0.2) is 0 Å². The summed E-state index contributed by atoms with van der Waals surface area (Å²) >= 11 is 0. The molecule has 0 saturated carbocycles. The summed E-state index contributed by atoms with van der Waals surface area (Å²) in [6, 6.07) is 0.453. The Bertz CT molecular complexity index is 367. The van der Waals surface area contributed by atoms with Crippen LogP contribution in [0.3, 0.4) is 0 Å². The van der Waals surface area contributed by atoms with Crippen LogP contribution in [0.5, 0.6) is 0 Å². The van der Waals surface area contributed by atoms with Gasteiger partial charge in [-0.2, -0.15) is 0 Å². The SMILES string of the molecule is CN1CCN(CC2NCCn3cncc32)CC1. The van der Waals surface area contributed by atoms with E-state index in [9.17, 15) is 0 Å². The molecule has 5 heteroatoms. The second-order valence-electron chi connectivity index (χ2n) is 5.12. The zero-order chi connectivity index (χ0) is 11.7.